The first kappa shape index (κ1) is 17.4. The van der Waals surface area contributed by atoms with E-state index in [9.17, 15) is 4.79 Å². The lowest BCUT2D eigenvalue weighted by molar-refractivity contribution is 0.0991. The Balaban J connectivity index is 2.62. The van der Waals surface area contributed by atoms with Gasteiger partial charge in [-0.15, -0.1) is 0 Å². The molecule has 0 aliphatic rings. The van der Waals surface area contributed by atoms with E-state index < -0.39 is 15.4 Å². The Morgan fingerprint density at radius 3 is 2.18 bits per heavy atom. The minimum absolute atomic E-state index is 0.0166. The van der Waals surface area contributed by atoms with Crippen LogP contribution < -0.4 is 5.56 Å². The van der Waals surface area contributed by atoms with Gasteiger partial charge in [0.25, 0.3) is 5.56 Å². The van der Waals surface area contributed by atoms with Crippen LogP contribution in [0, 0.1) is 0 Å². The number of rotatable bonds is 3. The average molecular weight is 382 g/mol. The molecule has 0 bridgehead atoms. The van der Waals surface area contributed by atoms with Crippen LogP contribution in [0.4, 0.5) is 0 Å². The van der Waals surface area contributed by atoms with Crippen LogP contribution in [0.1, 0.15) is 40.3 Å². The maximum absolute atomic E-state index is 12.6. The summed E-state index contributed by atoms with van der Waals surface area (Å²) in [5, 5.41) is 1.87. The first-order valence-corrected chi connectivity index (χ1v) is 9.54. The first-order valence-electron chi connectivity index (χ1n) is 7.46. The van der Waals surface area contributed by atoms with Gasteiger partial charge < -0.3 is 8.99 Å². The largest absolute Gasteiger partial charge is 0.413 e. The second kappa shape index (κ2) is 5.94. The summed E-state index contributed by atoms with van der Waals surface area (Å²) >= 11 is 3.70. The number of pyridine rings is 1. The van der Waals surface area contributed by atoms with E-state index in [1.807, 2.05) is 45.2 Å². The molecule has 22 heavy (non-hydrogen) atoms. The molecule has 0 saturated heterocycles. The molecule has 0 amide bonds. The fraction of sp³-hybridized carbons (Fsp3) is 0.471. The maximum Gasteiger partial charge on any atom is 0.258 e. The molecule has 0 unspecified atom stereocenters. The van der Waals surface area contributed by atoms with Crippen molar-refractivity contribution in [1.82, 2.24) is 4.57 Å². The highest BCUT2D eigenvalue weighted by Crippen LogP contribution is 2.35. The van der Waals surface area contributed by atoms with Crippen LogP contribution in [-0.2, 0) is 17.1 Å². The zero-order valence-electron chi connectivity index (χ0n) is 14.2. The van der Waals surface area contributed by atoms with Gasteiger partial charge in [0.1, 0.15) is 0 Å². The van der Waals surface area contributed by atoms with E-state index in [-0.39, 0.29) is 10.6 Å². The van der Waals surface area contributed by atoms with E-state index in [4.69, 9.17) is 4.43 Å². The summed E-state index contributed by atoms with van der Waals surface area (Å²) in [6, 6.07) is 7.68. The summed E-state index contributed by atoms with van der Waals surface area (Å²) in [6.07, 6.45) is 0. The van der Waals surface area contributed by atoms with Gasteiger partial charge in [0.15, 0.2) is 9.76 Å². The normalized spacial score (nSPS) is 13.4. The predicted molar refractivity (Wildman–Crippen MR) is 99.3 cm³/mol. The third-order valence-electron chi connectivity index (χ3n) is 3.68. The van der Waals surface area contributed by atoms with Crippen molar-refractivity contribution in [3.63, 3.8) is 0 Å². The minimum Gasteiger partial charge on any atom is -0.413 e. The summed E-state index contributed by atoms with van der Waals surface area (Å²) in [6.45, 7) is 10.7. The second-order valence-corrected chi connectivity index (χ2v) is 10.9. The number of hydrogen-bond donors (Lipinski definition) is 0. The molecule has 1 aromatic carbocycles. The van der Waals surface area contributed by atoms with E-state index in [1.54, 1.807) is 4.57 Å². The molecule has 2 aromatic rings. The molecule has 0 radical (unpaired) electrons. The highest BCUT2D eigenvalue weighted by molar-refractivity contribution is 9.10. The standard InChI is InChI=1S/C17H24BrNO2Si/c1-16(2,3)22-21-17(4,5)14-13(18)11-9-7-8-10-12(11)15(20)19(14)6/h7-10H,22H2,1-6H3. The molecule has 120 valence electrons. The van der Waals surface area contributed by atoms with Crippen LogP contribution in [0.15, 0.2) is 33.5 Å². The number of fused-ring (bicyclic) bond motifs is 1. The van der Waals surface area contributed by atoms with Gasteiger partial charge >= 0.3 is 0 Å². The van der Waals surface area contributed by atoms with Crippen molar-refractivity contribution in [2.75, 3.05) is 0 Å². The molecule has 2 rings (SSSR count). The second-order valence-electron chi connectivity index (χ2n) is 7.43. The molecular formula is C17H24BrNO2Si. The Bertz CT molecular complexity index is 760. The zero-order valence-corrected chi connectivity index (χ0v) is 17.2. The van der Waals surface area contributed by atoms with Gasteiger partial charge in [-0.1, -0.05) is 39.0 Å². The van der Waals surface area contributed by atoms with Crippen molar-refractivity contribution >= 4 is 36.5 Å². The van der Waals surface area contributed by atoms with Gasteiger partial charge in [-0.25, -0.2) is 0 Å². The van der Waals surface area contributed by atoms with Crippen LogP contribution in [0.3, 0.4) is 0 Å². The van der Waals surface area contributed by atoms with Gasteiger partial charge in [-0.3, -0.25) is 4.79 Å². The van der Waals surface area contributed by atoms with Gasteiger partial charge in [-0.2, -0.15) is 0 Å². The lowest BCUT2D eigenvalue weighted by Crippen LogP contribution is -2.34. The lowest BCUT2D eigenvalue weighted by Gasteiger charge is -2.32. The van der Waals surface area contributed by atoms with Crippen LogP contribution in [0.5, 0.6) is 0 Å². The smallest absolute Gasteiger partial charge is 0.258 e. The molecule has 1 aromatic heterocycles. The molecule has 0 saturated carbocycles. The van der Waals surface area contributed by atoms with Gasteiger partial charge in [-0.05, 0) is 40.9 Å². The van der Waals surface area contributed by atoms with Crippen LogP contribution in [0.25, 0.3) is 10.8 Å². The number of nitrogens with zero attached hydrogens (tertiary/aromatic N) is 1. The monoisotopic (exact) mass is 381 g/mol. The molecule has 3 nitrogen and oxygen atoms in total. The Kier molecular flexibility index (Phi) is 4.71. The summed E-state index contributed by atoms with van der Waals surface area (Å²) in [7, 11) is 1.09. The van der Waals surface area contributed by atoms with Crippen molar-refractivity contribution < 1.29 is 4.43 Å². The van der Waals surface area contributed by atoms with Gasteiger partial charge in [0, 0.05) is 22.3 Å². The average Bonchev–Trinajstić information content (AvgIpc) is 2.42. The molecule has 1 heterocycles. The van der Waals surface area contributed by atoms with Crippen molar-refractivity contribution in [1.29, 1.82) is 0 Å². The Morgan fingerprint density at radius 1 is 1.09 bits per heavy atom. The quantitative estimate of drug-likeness (QED) is 0.755. The predicted octanol–water partition coefficient (Wildman–Crippen LogP) is 3.85. The first-order chi connectivity index (χ1) is 10.0. The van der Waals surface area contributed by atoms with Gasteiger partial charge in [0.05, 0.1) is 11.3 Å². The highest BCUT2D eigenvalue weighted by Gasteiger charge is 2.30. The van der Waals surface area contributed by atoms with Crippen molar-refractivity contribution in [2.24, 2.45) is 7.05 Å². The molecular weight excluding hydrogens is 358 g/mol. The molecule has 0 atom stereocenters. The summed E-state index contributed by atoms with van der Waals surface area (Å²) in [4.78, 5) is 12.6. The fourth-order valence-electron chi connectivity index (χ4n) is 2.55. The summed E-state index contributed by atoms with van der Waals surface area (Å²) in [5.41, 5.74) is 0.409. The fourth-order valence-corrected chi connectivity index (χ4v) is 4.57. The Morgan fingerprint density at radius 2 is 1.64 bits per heavy atom. The molecule has 0 aliphatic carbocycles. The summed E-state index contributed by atoms with van der Waals surface area (Å²) in [5.74, 6) is 0. The molecule has 0 aliphatic heterocycles. The van der Waals surface area contributed by atoms with Crippen LogP contribution in [0.2, 0.25) is 5.04 Å². The van der Waals surface area contributed by atoms with E-state index in [1.165, 1.54) is 0 Å². The Labute approximate surface area is 142 Å². The molecule has 0 N–H and O–H groups in total. The topological polar surface area (TPSA) is 31.2 Å². The number of halogens is 1. The number of hydrogen-bond acceptors (Lipinski definition) is 2. The van der Waals surface area contributed by atoms with E-state index in [0.717, 1.165) is 20.9 Å². The van der Waals surface area contributed by atoms with Crippen molar-refractivity contribution in [2.45, 2.75) is 45.3 Å². The van der Waals surface area contributed by atoms with Crippen molar-refractivity contribution in [3.05, 3.63) is 44.8 Å². The van der Waals surface area contributed by atoms with E-state index in [2.05, 4.69) is 36.7 Å². The van der Waals surface area contributed by atoms with Gasteiger partial charge in [0.2, 0.25) is 0 Å². The third kappa shape index (κ3) is 3.36. The highest BCUT2D eigenvalue weighted by atomic mass is 79.9. The third-order valence-corrected chi connectivity index (χ3v) is 6.21. The van der Waals surface area contributed by atoms with Crippen LogP contribution in [-0.4, -0.2) is 14.3 Å². The van der Waals surface area contributed by atoms with Crippen molar-refractivity contribution in [3.8, 4) is 0 Å². The zero-order chi connectivity index (χ0) is 16.7. The molecule has 0 fully saturated rings. The van der Waals surface area contributed by atoms with Crippen LogP contribution >= 0.6 is 15.9 Å². The Hall–Kier alpha value is -0.913. The van der Waals surface area contributed by atoms with E-state index >= 15 is 0 Å². The summed E-state index contributed by atoms with van der Waals surface area (Å²) < 4.78 is 8.95. The lowest BCUT2D eigenvalue weighted by atomic mass is 10.0. The number of aromatic nitrogens is 1. The van der Waals surface area contributed by atoms with E-state index in [0.29, 0.717) is 0 Å². The maximum atomic E-state index is 12.6. The number of benzene rings is 1. The minimum atomic E-state index is -0.730. The SMILES string of the molecule is Cn1c(C(C)(C)O[SiH2]C(C)(C)C)c(Br)c2ccccc2c1=O. The molecule has 0 spiro atoms. The molecule has 5 heteroatoms.